The molecule has 1 heterocycles. The van der Waals surface area contributed by atoms with Gasteiger partial charge in [-0.2, -0.15) is 10.2 Å². The number of nitrogens with zero attached hydrogens (tertiary/aromatic N) is 3. The molecule has 3 rings (SSSR count). The van der Waals surface area contributed by atoms with Gasteiger partial charge in [-0.3, -0.25) is 0 Å². The largest absolute Gasteiger partial charge is 0.368 e. The topological polar surface area (TPSA) is 73.6 Å². The van der Waals surface area contributed by atoms with Crippen LogP contribution in [0, 0.1) is 11.3 Å². The number of nitriles is 1. The smallest absolute Gasteiger partial charge is 0.229 e. The third-order valence-corrected chi connectivity index (χ3v) is 3.50. The molecule has 0 amide bonds. The van der Waals surface area contributed by atoms with Crippen LogP contribution in [0.4, 0.5) is 17.5 Å². The van der Waals surface area contributed by atoms with Crippen LogP contribution in [-0.2, 0) is 0 Å². The van der Waals surface area contributed by atoms with Crippen molar-refractivity contribution >= 4 is 17.5 Å². The molecule has 1 aromatic heterocycles. The Balaban J connectivity index is 1.95. The van der Waals surface area contributed by atoms with Gasteiger partial charge in [0.2, 0.25) is 5.95 Å². The Hall–Kier alpha value is -3.39. The zero-order chi connectivity index (χ0) is 17.6. The van der Waals surface area contributed by atoms with Crippen LogP contribution < -0.4 is 10.6 Å². The second-order valence-electron chi connectivity index (χ2n) is 5.94. The lowest BCUT2D eigenvalue weighted by Gasteiger charge is -2.13. The molecule has 0 radical (unpaired) electrons. The fourth-order valence-electron chi connectivity index (χ4n) is 2.39. The van der Waals surface area contributed by atoms with Crippen molar-refractivity contribution in [2.75, 3.05) is 10.6 Å². The molecular weight excluding hydrogens is 310 g/mol. The number of nitrogens with one attached hydrogen (secondary N) is 2. The van der Waals surface area contributed by atoms with E-state index in [9.17, 15) is 0 Å². The van der Waals surface area contributed by atoms with Gasteiger partial charge in [0, 0.05) is 23.4 Å². The van der Waals surface area contributed by atoms with E-state index in [1.165, 1.54) is 0 Å². The Morgan fingerprint density at radius 2 is 1.68 bits per heavy atom. The van der Waals surface area contributed by atoms with Crippen molar-refractivity contribution in [3.63, 3.8) is 0 Å². The molecule has 124 valence electrons. The highest BCUT2D eigenvalue weighted by molar-refractivity contribution is 5.66. The standard InChI is InChI=1S/C20H19N5/c1-14(2)22-19-12-18(16-6-4-3-5-7-16)24-20(25-19)23-17-10-8-15(13-21)9-11-17/h3-12,14H,1-2H3,(H2,22,23,24,25). The first-order chi connectivity index (χ1) is 12.1. The fourth-order valence-corrected chi connectivity index (χ4v) is 2.39. The van der Waals surface area contributed by atoms with Crippen LogP contribution in [0.5, 0.6) is 0 Å². The van der Waals surface area contributed by atoms with Crippen molar-refractivity contribution in [1.29, 1.82) is 5.26 Å². The summed E-state index contributed by atoms with van der Waals surface area (Å²) in [5.74, 6) is 1.27. The Bertz CT molecular complexity index is 880. The molecular formula is C20H19N5. The summed E-state index contributed by atoms with van der Waals surface area (Å²) >= 11 is 0. The Morgan fingerprint density at radius 1 is 0.960 bits per heavy atom. The van der Waals surface area contributed by atoms with Gasteiger partial charge in [-0.1, -0.05) is 30.3 Å². The van der Waals surface area contributed by atoms with Crippen molar-refractivity contribution in [1.82, 2.24) is 9.97 Å². The second kappa shape index (κ2) is 7.45. The summed E-state index contributed by atoms with van der Waals surface area (Å²) < 4.78 is 0. The van der Waals surface area contributed by atoms with Crippen molar-refractivity contribution in [2.24, 2.45) is 0 Å². The fraction of sp³-hybridized carbons (Fsp3) is 0.150. The van der Waals surface area contributed by atoms with Crippen LogP contribution >= 0.6 is 0 Å². The van der Waals surface area contributed by atoms with Crippen molar-refractivity contribution in [3.05, 3.63) is 66.2 Å². The van der Waals surface area contributed by atoms with Crippen molar-refractivity contribution in [3.8, 4) is 17.3 Å². The first-order valence-corrected chi connectivity index (χ1v) is 8.12. The maximum absolute atomic E-state index is 8.90. The highest BCUT2D eigenvalue weighted by atomic mass is 15.1. The lowest BCUT2D eigenvalue weighted by Crippen LogP contribution is -2.12. The summed E-state index contributed by atoms with van der Waals surface area (Å²) in [6.07, 6.45) is 0. The molecule has 0 fully saturated rings. The van der Waals surface area contributed by atoms with E-state index in [2.05, 4.69) is 40.5 Å². The summed E-state index contributed by atoms with van der Waals surface area (Å²) in [5, 5.41) is 15.4. The predicted octanol–water partition coefficient (Wildman–Crippen LogP) is 4.58. The van der Waals surface area contributed by atoms with Crippen molar-refractivity contribution < 1.29 is 0 Å². The highest BCUT2D eigenvalue weighted by Gasteiger charge is 2.08. The number of hydrogen-bond donors (Lipinski definition) is 2. The first-order valence-electron chi connectivity index (χ1n) is 8.12. The van der Waals surface area contributed by atoms with E-state index < -0.39 is 0 Å². The molecule has 0 aliphatic heterocycles. The van der Waals surface area contributed by atoms with E-state index in [4.69, 9.17) is 5.26 Å². The minimum atomic E-state index is 0.265. The monoisotopic (exact) mass is 329 g/mol. The summed E-state index contributed by atoms with van der Waals surface area (Å²) in [5.41, 5.74) is 3.32. The number of hydrogen-bond acceptors (Lipinski definition) is 5. The minimum absolute atomic E-state index is 0.265. The van der Waals surface area contributed by atoms with E-state index in [-0.39, 0.29) is 6.04 Å². The van der Waals surface area contributed by atoms with Gasteiger partial charge in [0.15, 0.2) is 0 Å². The minimum Gasteiger partial charge on any atom is -0.368 e. The van der Waals surface area contributed by atoms with Gasteiger partial charge in [0.1, 0.15) is 5.82 Å². The second-order valence-corrected chi connectivity index (χ2v) is 5.94. The highest BCUT2D eigenvalue weighted by Crippen LogP contribution is 2.23. The summed E-state index contributed by atoms with van der Waals surface area (Å²) in [6, 6.07) is 21.5. The molecule has 0 spiro atoms. The van der Waals surface area contributed by atoms with E-state index >= 15 is 0 Å². The molecule has 5 nitrogen and oxygen atoms in total. The molecule has 0 aliphatic carbocycles. The molecule has 0 unspecified atom stereocenters. The van der Waals surface area contributed by atoms with Crippen molar-refractivity contribution in [2.45, 2.75) is 19.9 Å². The van der Waals surface area contributed by atoms with Gasteiger partial charge in [-0.05, 0) is 38.1 Å². The van der Waals surface area contributed by atoms with Crippen LogP contribution in [-0.4, -0.2) is 16.0 Å². The average Bonchev–Trinajstić information content (AvgIpc) is 2.62. The molecule has 5 heteroatoms. The van der Waals surface area contributed by atoms with Gasteiger partial charge >= 0.3 is 0 Å². The maximum Gasteiger partial charge on any atom is 0.229 e. The lowest BCUT2D eigenvalue weighted by atomic mass is 10.1. The van der Waals surface area contributed by atoms with Crippen LogP contribution in [0.15, 0.2) is 60.7 Å². The lowest BCUT2D eigenvalue weighted by molar-refractivity contribution is 0.887. The zero-order valence-electron chi connectivity index (χ0n) is 14.2. The average molecular weight is 329 g/mol. The number of benzene rings is 2. The summed E-state index contributed by atoms with van der Waals surface area (Å²) in [4.78, 5) is 9.16. The molecule has 0 atom stereocenters. The Labute approximate surface area is 147 Å². The van der Waals surface area contributed by atoms with Crippen LogP contribution in [0.3, 0.4) is 0 Å². The van der Waals surface area contributed by atoms with E-state index in [0.717, 1.165) is 22.8 Å². The number of rotatable bonds is 5. The van der Waals surface area contributed by atoms with Gasteiger partial charge in [-0.15, -0.1) is 0 Å². The van der Waals surface area contributed by atoms with Crippen LogP contribution in [0.25, 0.3) is 11.3 Å². The maximum atomic E-state index is 8.90. The first kappa shape index (κ1) is 16.5. The quantitative estimate of drug-likeness (QED) is 0.717. The summed E-state index contributed by atoms with van der Waals surface area (Å²) in [6.45, 7) is 4.13. The van der Waals surface area contributed by atoms with E-state index in [1.54, 1.807) is 12.1 Å². The molecule has 0 aliphatic rings. The zero-order valence-corrected chi connectivity index (χ0v) is 14.2. The van der Waals surface area contributed by atoms with Crippen LogP contribution in [0.2, 0.25) is 0 Å². The molecule has 0 bridgehead atoms. The SMILES string of the molecule is CC(C)Nc1cc(-c2ccccc2)nc(Nc2ccc(C#N)cc2)n1. The van der Waals surface area contributed by atoms with E-state index in [1.807, 2.05) is 48.5 Å². The van der Waals surface area contributed by atoms with Gasteiger partial charge in [0.25, 0.3) is 0 Å². The van der Waals surface area contributed by atoms with Crippen LogP contribution in [0.1, 0.15) is 19.4 Å². The normalized spacial score (nSPS) is 10.3. The molecule has 25 heavy (non-hydrogen) atoms. The third kappa shape index (κ3) is 4.33. The molecule has 3 aromatic rings. The Morgan fingerprint density at radius 3 is 2.32 bits per heavy atom. The predicted molar refractivity (Wildman–Crippen MR) is 101 cm³/mol. The van der Waals surface area contributed by atoms with Gasteiger partial charge in [-0.25, -0.2) is 4.98 Å². The van der Waals surface area contributed by atoms with Gasteiger partial charge in [0.05, 0.1) is 17.3 Å². The van der Waals surface area contributed by atoms with E-state index in [0.29, 0.717) is 11.5 Å². The Kier molecular flexibility index (Phi) is 4.91. The molecule has 0 saturated heterocycles. The molecule has 2 aromatic carbocycles. The number of anilines is 3. The molecule has 0 saturated carbocycles. The molecule has 2 N–H and O–H groups in total. The van der Waals surface area contributed by atoms with Gasteiger partial charge < -0.3 is 10.6 Å². The third-order valence-electron chi connectivity index (χ3n) is 3.50. The number of aromatic nitrogens is 2. The summed E-state index contributed by atoms with van der Waals surface area (Å²) in [7, 11) is 0.